The molecule has 5 nitrogen and oxygen atoms in total. The lowest BCUT2D eigenvalue weighted by molar-refractivity contribution is -0.481. The van der Waals surface area contributed by atoms with E-state index in [1.165, 1.54) is 0 Å². The van der Waals surface area contributed by atoms with Gasteiger partial charge in [0.05, 0.1) is 18.7 Å². The first kappa shape index (κ1) is 17.8. The molecule has 0 radical (unpaired) electrons. The number of H-pyrrole nitrogens is 1. The van der Waals surface area contributed by atoms with Crippen LogP contribution in [0.2, 0.25) is 0 Å². The fraction of sp³-hybridized carbons (Fsp3) is 0.130. The van der Waals surface area contributed by atoms with E-state index >= 15 is 0 Å². The molecule has 0 spiro atoms. The second kappa shape index (κ2) is 7.56. The maximum absolute atomic E-state index is 11.5. The van der Waals surface area contributed by atoms with Crippen molar-refractivity contribution in [1.82, 2.24) is 4.98 Å². The van der Waals surface area contributed by atoms with Gasteiger partial charge in [0.1, 0.15) is 5.75 Å². The highest BCUT2D eigenvalue weighted by molar-refractivity contribution is 5.92. The van der Waals surface area contributed by atoms with Gasteiger partial charge in [0.15, 0.2) is 0 Å². The number of aromatic amines is 1. The van der Waals surface area contributed by atoms with E-state index in [0.717, 1.165) is 39.0 Å². The molecule has 1 heterocycles. The Hall–Kier alpha value is -3.60. The number of aromatic nitrogens is 1. The van der Waals surface area contributed by atoms with Crippen molar-refractivity contribution in [3.63, 3.8) is 0 Å². The number of ether oxygens (including phenoxy) is 1. The molecule has 28 heavy (non-hydrogen) atoms. The molecule has 0 saturated carbocycles. The molecule has 3 aromatic carbocycles. The lowest BCUT2D eigenvalue weighted by Crippen LogP contribution is -2.14. The van der Waals surface area contributed by atoms with Gasteiger partial charge in [-0.15, -0.1) is 0 Å². The van der Waals surface area contributed by atoms with Gasteiger partial charge in [-0.3, -0.25) is 10.1 Å². The normalized spacial score (nSPS) is 12.0. The summed E-state index contributed by atoms with van der Waals surface area (Å²) in [6.07, 6.45) is 0. The minimum atomic E-state index is -0.357. The monoisotopic (exact) mass is 372 g/mol. The standard InChI is InChI=1S/C23H20N2O3/c1-28-18-13-11-17(12-14-18)23-22(19-9-5-6-10-21(19)24-23)20(15-25(26)27)16-7-3-2-4-8-16/h2-14,20,24H,15H2,1H3/t20-/m1/s1. The molecule has 4 rings (SSSR count). The molecule has 0 bridgehead atoms. The van der Waals surface area contributed by atoms with E-state index in [1.54, 1.807) is 7.11 Å². The second-order valence-electron chi connectivity index (χ2n) is 6.67. The van der Waals surface area contributed by atoms with Gasteiger partial charge in [-0.05, 0) is 47.0 Å². The van der Waals surface area contributed by atoms with Crippen LogP contribution in [0.5, 0.6) is 5.75 Å². The quantitative estimate of drug-likeness (QED) is 0.371. The lowest BCUT2D eigenvalue weighted by Gasteiger charge is -2.16. The van der Waals surface area contributed by atoms with Gasteiger partial charge >= 0.3 is 0 Å². The Balaban J connectivity index is 1.95. The zero-order chi connectivity index (χ0) is 19.5. The maximum Gasteiger partial charge on any atom is 0.214 e. The predicted molar refractivity (Wildman–Crippen MR) is 110 cm³/mol. The molecule has 0 saturated heterocycles. The van der Waals surface area contributed by atoms with Crippen LogP contribution in [0.1, 0.15) is 17.0 Å². The molecule has 0 amide bonds. The Morgan fingerprint density at radius 3 is 2.32 bits per heavy atom. The summed E-state index contributed by atoms with van der Waals surface area (Å²) in [5, 5.41) is 12.5. The van der Waals surface area contributed by atoms with Crippen LogP contribution < -0.4 is 4.74 Å². The third-order valence-corrected chi connectivity index (χ3v) is 5.01. The van der Waals surface area contributed by atoms with Crippen LogP contribution in [0.15, 0.2) is 78.9 Å². The SMILES string of the molecule is COc1ccc(-c2[nH]c3ccccc3c2[C@H](C[N+](=O)[O-])c2ccccc2)cc1. The summed E-state index contributed by atoms with van der Waals surface area (Å²) in [6, 6.07) is 25.4. The van der Waals surface area contributed by atoms with Crippen LogP contribution in [-0.2, 0) is 0 Å². The average molecular weight is 372 g/mol. The van der Waals surface area contributed by atoms with E-state index in [0.29, 0.717) is 0 Å². The van der Waals surface area contributed by atoms with Crippen LogP contribution >= 0.6 is 0 Å². The smallest absolute Gasteiger partial charge is 0.214 e. The first-order valence-electron chi connectivity index (χ1n) is 9.09. The Morgan fingerprint density at radius 2 is 1.64 bits per heavy atom. The summed E-state index contributed by atoms with van der Waals surface area (Å²) in [6.45, 7) is -0.172. The Kier molecular flexibility index (Phi) is 4.81. The van der Waals surface area contributed by atoms with Gasteiger partial charge in [0.25, 0.3) is 0 Å². The van der Waals surface area contributed by atoms with E-state index in [1.807, 2.05) is 78.9 Å². The average Bonchev–Trinajstić information content (AvgIpc) is 3.12. The number of nitro groups is 1. The predicted octanol–water partition coefficient (Wildman–Crippen LogP) is 5.25. The van der Waals surface area contributed by atoms with E-state index < -0.39 is 0 Å². The molecule has 0 unspecified atom stereocenters. The first-order chi connectivity index (χ1) is 13.7. The van der Waals surface area contributed by atoms with Crippen LogP contribution in [0.3, 0.4) is 0 Å². The maximum atomic E-state index is 11.5. The van der Waals surface area contributed by atoms with Crippen molar-refractivity contribution in [2.75, 3.05) is 13.7 Å². The highest BCUT2D eigenvalue weighted by atomic mass is 16.6. The number of methoxy groups -OCH3 is 1. The van der Waals surface area contributed by atoms with Crippen molar-refractivity contribution in [2.45, 2.75) is 5.92 Å². The van der Waals surface area contributed by atoms with Crippen LogP contribution in [0, 0.1) is 10.1 Å². The summed E-state index contributed by atoms with van der Waals surface area (Å²) in [5.41, 5.74) is 4.71. The fourth-order valence-electron chi connectivity index (χ4n) is 3.71. The van der Waals surface area contributed by atoms with Crippen LogP contribution in [0.4, 0.5) is 0 Å². The van der Waals surface area contributed by atoms with Crippen LogP contribution in [-0.4, -0.2) is 23.6 Å². The topological polar surface area (TPSA) is 68.2 Å². The van der Waals surface area contributed by atoms with E-state index in [4.69, 9.17) is 4.74 Å². The van der Waals surface area contributed by atoms with Crippen molar-refractivity contribution in [3.05, 3.63) is 100 Å². The summed E-state index contributed by atoms with van der Waals surface area (Å²) in [5.74, 6) is 0.413. The number of nitrogens with zero attached hydrogens (tertiary/aromatic N) is 1. The van der Waals surface area contributed by atoms with Crippen molar-refractivity contribution < 1.29 is 9.66 Å². The zero-order valence-corrected chi connectivity index (χ0v) is 15.5. The van der Waals surface area contributed by atoms with E-state index in [-0.39, 0.29) is 17.4 Å². The third-order valence-electron chi connectivity index (χ3n) is 5.01. The first-order valence-corrected chi connectivity index (χ1v) is 9.09. The van der Waals surface area contributed by atoms with Crippen molar-refractivity contribution in [3.8, 4) is 17.0 Å². The van der Waals surface area contributed by atoms with Gasteiger partial charge < -0.3 is 9.72 Å². The van der Waals surface area contributed by atoms with Crippen LogP contribution in [0.25, 0.3) is 22.2 Å². The van der Waals surface area contributed by atoms with Gasteiger partial charge in [0.2, 0.25) is 6.54 Å². The number of fused-ring (bicyclic) bond motifs is 1. The van der Waals surface area contributed by atoms with E-state index in [2.05, 4.69) is 4.98 Å². The molecule has 0 aliphatic carbocycles. The molecule has 1 aromatic heterocycles. The fourth-order valence-corrected chi connectivity index (χ4v) is 3.71. The number of rotatable bonds is 6. The summed E-state index contributed by atoms with van der Waals surface area (Å²) in [4.78, 5) is 14.8. The second-order valence-corrected chi connectivity index (χ2v) is 6.67. The highest BCUT2D eigenvalue weighted by Gasteiger charge is 2.27. The molecule has 0 fully saturated rings. The van der Waals surface area contributed by atoms with Gasteiger partial charge in [-0.2, -0.15) is 0 Å². The van der Waals surface area contributed by atoms with Gasteiger partial charge in [0, 0.05) is 15.8 Å². The molecule has 140 valence electrons. The highest BCUT2D eigenvalue weighted by Crippen LogP contribution is 2.39. The summed E-state index contributed by atoms with van der Waals surface area (Å²) < 4.78 is 5.26. The largest absolute Gasteiger partial charge is 0.497 e. The third kappa shape index (κ3) is 3.34. The zero-order valence-electron chi connectivity index (χ0n) is 15.5. The molecule has 5 heteroatoms. The minimum Gasteiger partial charge on any atom is -0.497 e. The molecular weight excluding hydrogens is 352 g/mol. The molecule has 1 N–H and O–H groups in total. The molecule has 4 aromatic rings. The van der Waals surface area contributed by atoms with Crippen molar-refractivity contribution in [1.29, 1.82) is 0 Å². The van der Waals surface area contributed by atoms with Gasteiger partial charge in [-0.25, -0.2) is 0 Å². The molecule has 1 atom stereocenters. The Bertz CT molecular complexity index is 1100. The summed E-state index contributed by atoms with van der Waals surface area (Å²) >= 11 is 0. The number of hydrogen-bond acceptors (Lipinski definition) is 3. The number of hydrogen-bond donors (Lipinski definition) is 1. The lowest BCUT2D eigenvalue weighted by atomic mass is 9.87. The molecule has 0 aliphatic heterocycles. The van der Waals surface area contributed by atoms with Crippen molar-refractivity contribution in [2.24, 2.45) is 0 Å². The van der Waals surface area contributed by atoms with Crippen molar-refractivity contribution >= 4 is 10.9 Å². The molecular formula is C23H20N2O3. The number of nitrogens with one attached hydrogen (secondary N) is 1. The Morgan fingerprint density at radius 1 is 0.964 bits per heavy atom. The molecule has 0 aliphatic rings. The minimum absolute atomic E-state index is 0.172. The number of benzene rings is 3. The number of para-hydroxylation sites is 1. The summed E-state index contributed by atoms with van der Waals surface area (Å²) in [7, 11) is 1.63. The Labute approximate surface area is 162 Å². The van der Waals surface area contributed by atoms with Gasteiger partial charge in [-0.1, -0.05) is 48.5 Å². The van der Waals surface area contributed by atoms with E-state index in [9.17, 15) is 10.1 Å².